The SMILES string of the molecule is Cc1ccc(S(=O)(=O)N2CCC(C(=O)OCC(=O)N(Cc3ccccc3)Cc3ccccc3)CC2)c(C)c1. The molecule has 0 radical (unpaired) electrons. The number of piperidine rings is 1. The second-order valence-electron chi connectivity index (χ2n) is 9.78. The van der Waals surface area contributed by atoms with Gasteiger partial charge < -0.3 is 9.64 Å². The summed E-state index contributed by atoms with van der Waals surface area (Å²) in [5.74, 6) is -1.17. The van der Waals surface area contributed by atoms with Crippen molar-refractivity contribution in [2.75, 3.05) is 19.7 Å². The minimum absolute atomic E-state index is 0.234. The zero-order valence-electron chi connectivity index (χ0n) is 21.9. The number of carbonyl (C=O) groups excluding carboxylic acids is 2. The zero-order valence-corrected chi connectivity index (χ0v) is 22.7. The van der Waals surface area contributed by atoms with Crippen molar-refractivity contribution in [1.29, 1.82) is 0 Å². The Kier molecular flexibility index (Phi) is 8.97. The Labute approximate surface area is 225 Å². The molecule has 3 aromatic carbocycles. The standard InChI is InChI=1S/C30H34N2O5S/c1-23-13-14-28(24(2)19-23)38(35,36)32-17-15-27(16-18-32)30(34)37-22-29(33)31(20-25-9-5-3-6-10-25)21-26-11-7-4-8-12-26/h3-14,19,27H,15-18,20-22H2,1-2H3. The fourth-order valence-electron chi connectivity index (χ4n) is 4.74. The van der Waals surface area contributed by atoms with E-state index in [1.54, 1.807) is 24.0 Å². The number of esters is 1. The van der Waals surface area contributed by atoms with Crippen molar-refractivity contribution in [2.45, 2.75) is 44.7 Å². The molecule has 1 aliphatic heterocycles. The summed E-state index contributed by atoms with van der Waals surface area (Å²) >= 11 is 0. The number of hydrogen-bond donors (Lipinski definition) is 0. The van der Waals surface area contributed by atoms with Crippen LogP contribution in [0.5, 0.6) is 0 Å². The van der Waals surface area contributed by atoms with Gasteiger partial charge in [0.1, 0.15) is 0 Å². The van der Waals surface area contributed by atoms with E-state index in [4.69, 9.17) is 4.74 Å². The molecule has 200 valence electrons. The van der Waals surface area contributed by atoms with Crippen LogP contribution in [0.1, 0.15) is 35.1 Å². The summed E-state index contributed by atoms with van der Waals surface area (Å²) in [6.07, 6.45) is 0.712. The molecule has 1 fully saturated rings. The molecule has 0 atom stereocenters. The van der Waals surface area contributed by atoms with Crippen LogP contribution in [0.3, 0.4) is 0 Å². The molecule has 38 heavy (non-hydrogen) atoms. The quantitative estimate of drug-likeness (QED) is 0.378. The van der Waals surface area contributed by atoms with E-state index in [1.165, 1.54) is 4.31 Å². The molecule has 4 rings (SSSR count). The molecule has 1 saturated heterocycles. The van der Waals surface area contributed by atoms with Crippen molar-refractivity contribution in [1.82, 2.24) is 9.21 Å². The largest absolute Gasteiger partial charge is 0.455 e. The Morgan fingerprint density at radius 3 is 1.95 bits per heavy atom. The van der Waals surface area contributed by atoms with Gasteiger partial charge in [0.2, 0.25) is 10.0 Å². The fourth-order valence-corrected chi connectivity index (χ4v) is 6.42. The maximum atomic E-state index is 13.1. The van der Waals surface area contributed by atoms with E-state index in [-0.39, 0.29) is 25.6 Å². The van der Waals surface area contributed by atoms with Gasteiger partial charge in [0.25, 0.3) is 5.91 Å². The van der Waals surface area contributed by atoms with Crippen LogP contribution >= 0.6 is 0 Å². The van der Waals surface area contributed by atoms with Crippen LogP contribution in [0.15, 0.2) is 83.8 Å². The highest BCUT2D eigenvalue weighted by atomic mass is 32.2. The van der Waals surface area contributed by atoms with Crippen molar-refractivity contribution >= 4 is 21.9 Å². The molecule has 1 amide bonds. The third-order valence-electron chi connectivity index (χ3n) is 6.86. The van der Waals surface area contributed by atoms with E-state index in [9.17, 15) is 18.0 Å². The van der Waals surface area contributed by atoms with Crippen molar-refractivity contribution < 1.29 is 22.7 Å². The molecule has 0 bridgehead atoms. The molecule has 1 aliphatic rings. The predicted octanol–water partition coefficient (Wildman–Crippen LogP) is 4.48. The van der Waals surface area contributed by atoms with Crippen LogP contribution in [-0.4, -0.2) is 49.2 Å². The van der Waals surface area contributed by atoms with Crippen molar-refractivity contribution in [3.8, 4) is 0 Å². The van der Waals surface area contributed by atoms with Gasteiger partial charge in [-0.1, -0.05) is 78.4 Å². The van der Waals surface area contributed by atoms with E-state index in [2.05, 4.69) is 0 Å². The molecule has 0 unspecified atom stereocenters. The van der Waals surface area contributed by atoms with Crippen molar-refractivity contribution in [2.24, 2.45) is 5.92 Å². The van der Waals surface area contributed by atoms with Gasteiger partial charge in [-0.3, -0.25) is 9.59 Å². The Bertz CT molecular complexity index is 1310. The molecule has 0 N–H and O–H groups in total. The van der Waals surface area contributed by atoms with Gasteiger partial charge in [-0.25, -0.2) is 8.42 Å². The fraction of sp³-hybridized carbons (Fsp3) is 0.333. The van der Waals surface area contributed by atoms with Gasteiger partial charge in [-0.2, -0.15) is 4.31 Å². The lowest BCUT2D eigenvalue weighted by Crippen LogP contribution is -2.41. The molecule has 7 nitrogen and oxygen atoms in total. The lowest BCUT2D eigenvalue weighted by Gasteiger charge is -2.30. The van der Waals surface area contributed by atoms with Crippen LogP contribution < -0.4 is 0 Å². The summed E-state index contributed by atoms with van der Waals surface area (Å²) in [5.41, 5.74) is 3.69. The molecule has 0 aromatic heterocycles. The first kappa shape index (κ1) is 27.5. The second kappa shape index (κ2) is 12.4. The topological polar surface area (TPSA) is 84.0 Å². The van der Waals surface area contributed by atoms with Crippen molar-refractivity contribution in [3.63, 3.8) is 0 Å². The van der Waals surface area contributed by atoms with Gasteiger partial charge in [-0.15, -0.1) is 0 Å². The van der Waals surface area contributed by atoms with Crippen molar-refractivity contribution in [3.05, 3.63) is 101 Å². The molecule has 1 heterocycles. The molecule has 0 aliphatic carbocycles. The molecular weight excluding hydrogens is 500 g/mol. The summed E-state index contributed by atoms with van der Waals surface area (Å²) in [7, 11) is -3.63. The predicted molar refractivity (Wildman–Crippen MR) is 145 cm³/mol. The Balaban J connectivity index is 1.33. The van der Waals surface area contributed by atoms with Crippen LogP contribution in [0.25, 0.3) is 0 Å². The number of carbonyl (C=O) groups is 2. The third-order valence-corrected chi connectivity index (χ3v) is 8.92. The lowest BCUT2D eigenvalue weighted by molar-refractivity contribution is -0.157. The van der Waals surface area contributed by atoms with Crippen LogP contribution in [0, 0.1) is 19.8 Å². The molecule has 3 aromatic rings. The lowest BCUT2D eigenvalue weighted by atomic mass is 9.98. The Morgan fingerprint density at radius 1 is 0.868 bits per heavy atom. The number of rotatable bonds is 9. The smallest absolute Gasteiger partial charge is 0.309 e. The van der Waals surface area contributed by atoms with E-state index in [1.807, 2.05) is 73.7 Å². The zero-order chi connectivity index (χ0) is 27.1. The Hall–Kier alpha value is -3.49. The highest BCUT2D eigenvalue weighted by Crippen LogP contribution is 2.27. The minimum atomic E-state index is -3.63. The second-order valence-corrected chi connectivity index (χ2v) is 11.7. The molecule has 0 spiro atoms. The van der Waals surface area contributed by atoms with Gasteiger partial charge in [0.15, 0.2) is 6.61 Å². The summed E-state index contributed by atoms with van der Waals surface area (Å²) < 4.78 is 33.2. The number of amides is 1. The van der Waals surface area contributed by atoms with Gasteiger partial charge in [0, 0.05) is 26.2 Å². The summed E-state index contributed by atoms with van der Waals surface area (Å²) in [5, 5.41) is 0. The number of sulfonamides is 1. The maximum Gasteiger partial charge on any atom is 0.309 e. The summed E-state index contributed by atoms with van der Waals surface area (Å²) in [4.78, 5) is 27.9. The molecular formula is C30H34N2O5S. The summed E-state index contributed by atoms with van der Waals surface area (Å²) in [6.45, 7) is 4.64. The highest BCUT2D eigenvalue weighted by molar-refractivity contribution is 7.89. The van der Waals surface area contributed by atoms with E-state index in [0.29, 0.717) is 36.4 Å². The number of hydrogen-bond acceptors (Lipinski definition) is 5. The van der Waals surface area contributed by atoms with Gasteiger partial charge in [-0.05, 0) is 49.4 Å². The summed E-state index contributed by atoms with van der Waals surface area (Å²) in [6, 6.07) is 24.7. The van der Waals surface area contributed by atoms with E-state index in [0.717, 1.165) is 16.7 Å². The van der Waals surface area contributed by atoms with Gasteiger partial charge >= 0.3 is 5.97 Å². The normalized spacial score (nSPS) is 14.7. The average Bonchev–Trinajstić information content (AvgIpc) is 2.92. The monoisotopic (exact) mass is 534 g/mol. The maximum absolute atomic E-state index is 13.1. The average molecular weight is 535 g/mol. The molecule has 8 heteroatoms. The first-order valence-corrected chi connectivity index (χ1v) is 14.3. The number of benzene rings is 3. The van der Waals surface area contributed by atoms with Crippen LogP contribution in [-0.2, 0) is 37.4 Å². The third kappa shape index (κ3) is 6.88. The van der Waals surface area contributed by atoms with Gasteiger partial charge in [0.05, 0.1) is 10.8 Å². The highest BCUT2D eigenvalue weighted by Gasteiger charge is 2.33. The number of nitrogens with zero attached hydrogens (tertiary/aromatic N) is 2. The molecule has 0 saturated carbocycles. The minimum Gasteiger partial charge on any atom is -0.455 e. The number of aryl methyl sites for hydroxylation is 2. The van der Waals surface area contributed by atoms with Crippen LogP contribution in [0.4, 0.5) is 0 Å². The van der Waals surface area contributed by atoms with Crippen LogP contribution in [0.2, 0.25) is 0 Å². The first-order chi connectivity index (χ1) is 18.2. The van der Waals surface area contributed by atoms with E-state index >= 15 is 0 Å². The Morgan fingerprint density at radius 2 is 1.42 bits per heavy atom. The first-order valence-electron chi connectivity index (χ1n) is 12.8. The number of ether oxygens (including phenoxy) is 1. The van der Waals surface area contributed by atoms with E-state index < -0.39 is 21.9 Å².